The van der Waals surface area contributed by atoms with Gasteiger partial charge in [-0.2, -0.15) is 28.4 Å². The number of anilines is 2. The van der Waals surface area contributed by atoms with Crippen molar-refractivity contribution in [3.8, 4) is 12.1 Å². The van der Waals surface area contributed by atoms with E-state index in [1.165, 1.54) is 25.1 Å². The molecule has 5 rings (SSSR count). The van der Waals surface area contributed by atoms with Gasteiger partial charge in [-0.3, -0.25) is 4.79 Å². The summed E-state index contributed by atoms with van der Waals surface area (Å²) in [6.07, 6.45) is -0.545. The summed E-state index contributed by atoms with van der Waals surface area (Å²) in [5.41, 5.74) is 1.16. The Morgan fingerprint density at radius 1 is 1.19 bits per heavy atom. The molecule has 0 aliphatic carbocycles. The van der Waals surface area contributed by atoms with Crippen molar-refractivity contribution in [2.75, 3.05) is 56.2 Å². The molecule has 3 aliphatic heterocycles. The molecule has 2 atom stereocenters. The fraction of sp³-hybridized carbons (Fsp3) is 0.533. The van der Waals surface area contributed by atoms with Gasteiger partial charge in [-0.25, -0.2) is 0 Å². The van der Waals surface area contributed by atoms with E-state index in [4.69, 9.17) is 14.7 Å². The number of nitrogens with zero attached hydrogens (tertiary/aromatic N) is 7. The minimum Gasteiger partial charge on any atom is -0.462 e. The molecule has 0 saturated carbocycles. The molecule has 1 aromatic heterocycles. The maximum atomic E-state index is 14.1. The SMILES string of the molecule is C=CC(=O)N1CCN(c2nc(OC[C@@H]3CCCN3C)nc3c2CCN(c2cccc(C)c2C(F)(F)F)C3)C[C@@H]1CC#N. The van der Waals surface area contributed by atoms with Crippen LogP contribution in [0.3, 0.4) is 0 Å². The number of aromatic nitrogens is 2. The molecule has 0 radical (unpaired) electrons. The third kappa shape index (κ3) is 6.02. The van der Waals surface area contributed by atoms with Crippen LogP contribution in [-0.4, -0.2) is 84.1 Å². The van der Waals surface area contributed by atoms with Crippen molar-refractivity contribution in [3.63, 3.8) is 0 Å². The lowest BCUT2D eigenvalue weighted by molar-refractivity contribution is -0.137. The number of halogens is 3. The van der Waals surface area contributed by atoms with Crippen molar-refractivity contribution in [2.24, 2.45) is 0 Å². The third-order valence-corrected chi connectivity index (χ3v) is 8.54. The monoisotopic (exact) mass is 583 g/mol. The molecule has 1 aromatic carbocycles. The average molecular weight is 584 g/mol. The summed E-state index contributed by atoms with van der Waals surface area (Å²) < 4.78 is 48.4. The maximum absolute atomic E-state index is 14.1. The molecule has 0 unspecified atom stereocenters. The molecule has 1 amide bonds. The number of benzene rings is 1. The molecule has 3 aliphatic rings. The molecule has 0 bridgehead atoms. The Morgan fingerprint density at radius 3 is 2.69 bits per heavy atom. The largest absolute Gasteiger partial charge is 0.462 e. The fourth-order valence-electron chi connectivity index (χ4n) is 6.30. The molecular formula is C30H36F3N7O2. The normalized spacial score (nSPS) is 21.2. The number of nitriles is 1. The molecule has 0 spiro atoms. The van der Waals surface area contributed by atoms with Crippen LogP contribution in [0, 0.1) is 18.3 Å². The summed E-state index contributed by atoms with van der Waals surface area (Å²) >= 11 is 0. The number of piperazine rings is 1. The second-order valence-electron chi connectivity index (χ2n) is 11.2. The minimum atomic E-state index is -4.49. The lowest BCUT2D eigenvalue weighted by Crippen LogP contribution is -2.55. The zero-order valence-corrected chi connectivity index (χ0v) is 24.0. The van der Waals surface area contributed by atoms with Crippen LogP contribution < -0.4 is 14.5 Å². The van der Waals surface area contributed by atoms with Crippen LogP contribution in [0.2, 0.25) is 0 Å². The van der Waals surface area contributed by atoms with Gasteiger partial charge in [-0.15, -0.1) is 0 Å². The van der Waals surface area contributed by atoms with E-state index in [0.29, 0.717) is 50.7 Å². The van der Waals surface area contributed by atoms with Crippen LogP contribution in [-0.2, 0) is 23.9 Å². The highest BCUT2D eigenvalue weighted by atomic mass is 19.4. The first-order valence-electron chi connectivity index (χ1n) is 14.3. The molecule has 0 N–H and O–H groups in total. The van der Waals surface area contributed by atoms with E-state index in [-0.39, 0.29) is 48.2 Å². The summed E-state index contributed by atoms with van der Waals surface area (Å²) in [6, 6.07) is 6.89. The van der Waals surface area contributed by atoms with Gasteiger partial charge < -0.3 is 24.3 Å². The zero-order valence-electron chi connectivity index (χ0n) is 24.0. The van der Waals surface area contributed by atoms with Crippen molar-refractivity contribution in [1.82, 2.24) is 19.8 Å². The van der Waals surface area contributed by atoms with Crippen molar-refractivity contribution < 1.29 is 22.7 Å². The number of likely N-dealkylation sites (N-methyl/N-ethyl adjacent to an activating group) is 1. The van der Waals surface area contributed by atoms with E-state index in [2.05, 4.69) is 24.6 Å². The average Bonchev–Trinajstić information content (AvgIpc) is 3.38. The van der Waals surface area contributed by atoms with Gasteiger partial charge in [-0.1, -0.05) is 18.7 Å². The van der Waals surface area contributed by atoms with E-state index in [9.17, 15) is 23.2 Å². The second kappa shape index (κ2) is 12.2. The number of fused-ring (bicyclic) bond motifs is 1. The summed E-state index contributed by atoms with van der Waals surface area (Å²) in [4.78, 5) is 29.7. The maximum Gasteiger partial charge on any atom is 0.418 e. The fourth-order valence-corrected chi connectivity index (χ4v) is 6.30. The number of alkyl halides is 3. The Balaban J connectivity index is 1.49. The summed E-state index contributed by atoms with van der Waals surface area (Å²) in [5, 5.41) is 9.45. The molecule has 12 heteroatoms. The van der Waals surface area contributed by atoms with Crippen LogP contribution in [0.5, 0.6) is 6.01 Å². The predicted molar refractivity (Wildman–Crippen MR) is 152 cm³/mol. The Labute approximate surface area is 244 Å². The summed E-state index contributed by atoms with van der Waals surface area (Å²) in [6.45, 7) is 8.27. The van der Waals surface area contributed by atoms with Gasteiger partial charge in [-0.05, 0) is 57.5 Å². The van der Waals surface area contributed by atoms with Gasteiger partial charge in [0.25, 0.3) is 0 Å². The molecule has 42 heavy (non-hydrogen) atoms. The van der Waals surface area contributed by atoms with Gasteiger partial charge in [0, 0.05) is 43.5 Å². The number of hydrogen-bond acceptors (Lipinski definition) is 8. The van der Waals surface area contributed by atoms with Crippen molar-refractivity contribution in [3.05, 3.63) is 53.2 Å². The number of likely N-dealkylation sites (tertiary alicyclic amines) is 1. The van der Waals surface area contributed by atoms with E-state index < -0.39 is 11.7 Å². The second-order valence-corrected chi connectivity index (χ2v) is 11.2. The number of aryl methyl sites for hydroxylation is 1. The zero-order chi connectivity index (χ0) is 30.0. The molecule has 9 nitrogen and oxygen atoms in total. The minimum absolute atomic E-state index is 0.133. The number of rotatable bonds is 7. The molecule has 2 aromatic rings. The lowest BCUT2D eigenvalue weighted by atomic mass is 10.00. The summed E-state index contributed by atoms with van der Waals surface area (Å²) in [5.74, 6) is 0.432. The van der Waals surface area contributed by atoms with Crippen LogP contribution in [0.4, 0.5) is 24.7 Å². The Morgan fingerprint density at radius 2 is 2.00 bits per heavy atom. The number of carbonyl (C=O) groups excluding carboxylic acids is 1. The molecular weight excluding hydrogens is 547 g/mol. The highest BCUT2D eigenvalue weighted by Gasteiger charge is 2.38. The molecule has 4 heterocycles. The van der Waals surface area contributed by atoms with Gasteiger partial charge in [0.15, 0.2) is 0 Å². The first-order chi connectivity index (χ1) is 20.1. The van der Waals surface area contributed by atoms with E-state index in [0.717, 1.165) is 24.9 Å². The van der Waals surface area contributed by atoms with Crippen LogP contribution in [0.15, 0.2) is 30.9 Å². The molecule has 224 valence electrons. The molecule has 2 fully saturated rings. The quantitative estimate of drug-likeness (QED) is 0.453. The predicted octanol–water partition coefficient (Wildman–Crippen LogP) is 3.96. The highest BCUT2D eigenvalue weighted by molar-refractivity contribution is 5.87. The third-order valence-electron chi connectivity index (χ3n) is 8.54. The van der Waals surface area contributed by atoms with Crippen LogP contribution in [0.1, 0.15) is 41.6 Å². The van der Waals surface area contributed by atoms with E-state index in [1.54, 1.807) is 15.9 Å². The smallest absolute Gasteiger partial charge is 0.418 e. The van der Waals surface area contributed by atoms with Gasteiger partial charge >= 0.3 is 12.2 Å². The van der Waals surface area contributed by atoms with Gasteiger partial charge in [0.2, 0.25) is 5.91 Å². The first-order valence-corrected chi connectivity index (χ1v) is 14.3. The van der Waals surface area contributed by atoms with Gasteiger partial charge in [0.1, 0.15) is 12.4 Å². The van der Waals surface area contributed by atoms with Crippen LogP contribution >= 0.6 is 0 Å². The summed E-state index contributed by atoms with van der Waals surface area (Å²) in [7, 11) is 2.05. The number of ether oxygens (including phenoxy) is 1. The standard InChI is InChI=1S/C30H36F3N7O2/c1-4-26(41)40-16-15-39(17-21(40)10-12-34)28-23-11-14-38(25-9-5-7-20(2)27(25)30(31,32)33)18-24(23)35-29(36-28)42-19-22-8-6-13-37(22)3/h4-5,7,9,21-22H,1,6,8,10-11,13-19H2,2-3H3/t21-,22-/m0/s1. The van der Waals surface area contributed by atoms with E-state index >= 15 is 0 Å². The first kappa shape index (κ1) is 29.6. The van der Waals surface area contributed by atoms with Crippen LogP contribution in [0.25, 0.3) is 0 Å². The number of carbonyl (C=O) groups is 1. The van der Waals surface area contributed by atoms with E-state index in [1.807, 2.05) is 4.90 Å². The highest BCUT2D eigenvalue weighted by Crippen LogP contribution is 2.41. The van der Waals surface area contributed by atoms with Crippen molar-refractivity contribution in [2.45, 2.75) is 57.4 Å². The topological polar surface area (TPSA) is 88.8 Å². The van der Waals surface area contributed by atoms with Gasteiger partial charge in [0.05, 0.1) is 36.3 Å². The lowest BCUT2D eigenvalue weighted by Gasteiger charge is -2.42. The number of hydrogen-bond donors (Lipinski definition) is 0. The van der Waals surface area contributed by atoms with Crippen molar-refractivity contribution in [1.29, 1.82) is 5.26 Å². The van der Waals surface area contributed by atoms with Crippen molar-refractivity contribution >= 4 is 17.4 Å². The number of amides is 1. The Kier molecular flexibility index (Phi) is 8.59. The molecule has 2 saturated heterocycles. The Hall–Kier alpha value is -3.85. The Bertz CT molecular complexity index is 1380.